The summed E-state index contributed by atoms with van der Waals surface area (Å²) in [6, 6.07) is 5.99. The number of nitrogens with one attached hydrogen (secondary N) is 1. The van der Waals surface area contributed by atoms with E-state index < -0.39 is 10.2 Å². The van der Waals surface area contributed by atoms with E-state index in [9.17, 15) is 13.2 Å². The maximum Gasteiger partial charge on any atom is 0.281 e. The lowest BCUT2D eigenvalue weighted by Gasteiger charge is -2.32. The van der Waals surface area contributed by atoms with Crippen LogP contribution in [0.4, 0.5) is 0 Å². The number of carbonyl (C=O) groups is 1. The standard InChI is InChI=1S/C18H29N3O4S/c1-14-5-6-17(15(2)13-14)25-12-9-19-18(22)16-7-10-21(11-8-16)26(23,24)20(3)4/h5-6,13,16H,7-12H2,1-4H3,(H,19,22). The lowest BCUT2D eigenvalue weighted by Crippen LogP contribution is -2.47. The van der Waals surface area contributed by atoms with E-state index in [1.807, 2.05) is 26.0 Å². The number of carbonyl (C=O) groups excluding carboxylic acids is 1. The molecule has 0 saturated carbocycles. The topological polar surface area (TPSA) is 79.0 Å². The minimum Gasteiger partial charge on any atom is -0.491 e. The smallest absolute Gasteiger partial charge is 0.281 e. The fourth-order valence-electron chi connectivity index (χ4n) is 3.02. The number of piperidine rings is 1. The highest BCUT2D eigenvalue weighted by atomic mass is 32.2. The summed E-state index contributed by atoms with van der Waals surface area (Å²) in [5, 5.41) is 2.89. The summed E-state index contributed by atoms with van der Waals surface area (Å²) in [4.78, 5) is 12.3. The number of ether oxygens (including phenoxy) is 1. The molecule has 0 spiro atoms. The fourth-order valence-corrected chi connectivity index (χ4v) is 4.15. The molecular weight excluding hydrogens is 354 g/mol. The van der Waals surface area contributed by atoms with Crippen molar-refractivity contribution in [1.29, 1.82) is 0 Å². The lowest BCUT2D eigenvalue weighted by molar-refractivity contribution is -0.126. The minimum absolute atomic E-state index is 0.0314. The fraction of sp³-hybridized carbons (Fsp3) is 0.611. The monoisotopic (exact) mass is 383 g/mol. The molecule has 1 aromatic rings. The van der Waals surface area contributed by atoms with Gasteiger partial charge in [-0.2, -0.15) is 17.0 Å². The van der Waals surface area contributed by atoms with Crippen molar-refractivity contribution in [1.82, 2.24) is 13.9 Å². The average molecular weight is 384 g/mol. The van der Waals surface area contributed by atoms with Crippen LogP contribution in [0.5, 0.6) is 5.75 Å². The van der Waals surface area contributed by atoms with Crippen LogP contribution in [0.1, 0.15) is 24.0 Å². The number of aryl methyl sites for hydroxylation is 2. The van der Waals surface area contributed by atoms with Crippen molar-refractivity contribution in [2.24, 2.45) is 5.92 Å². The van der Waals surface area contributed by atoms with Crippen LogP contribution in [0.2, 0.25) is 0 Å². The van der Waals surface area contributed by atoms with E-state index in [0.29, 0.717) is 39.1 Å². The molecule has 1 saturated heterocycles. The number of amides is 1. The molecule has 146 valence electrons. The predicted octanol–water partition coefficient (Wildman–Crippen LogP) is 1.32. The van der Waals surface area contributed by atoms with Gasteiger partial charge in [0.1, 0.15) is 12.4 Å². The minimum atomic E-state index is -3.39. The van der Waals surface area contributed by atoms with Crippen LogP contribution < -0.4 is 10.1 Å². The van der Waals surface area contributed by atoms with Gasteiger partial charge in [-0.05, 0) is 38.3 Å². The number of hydrogen-bond donors (Lipinski definition) is 1. The van der Waals surface area contributed by atoms with Gasteiger partial charge >= 0.3 is 0 Å². The maximum absolute atomic E-state index is 12.3. The summed E-state index contributed by atoms with van der Waals surface area (Å²) in [6.07, 6.45) is 1.08. The van der Waals surface area contributed by atoms with Crippen LogP contribution >= 0.6 is 0 Å². The highest BCUT2D eigenvalue weighted by Crippen LogP contribution is 2.21. The largest absolute Gasteiger partial charge is 0.491 e. The van der Waals surface area contributed by atoms with Gasteiger partial charge in [0, 0.05) is 33.1 Å². The third-order valence-electron chi connectivity index (χ3n) is 4.60. The first kappa shape index (κ1) is 20.7. The number of nitrogens with zero attached hydrogens (tertiary/aromatic N) is 2. The van der Waals surface area contributed by atoms with Crippen LogP contribution in [0.25, 0.3) is 0 Å². The summed E-state index contributed by atoms with van der Waals surface area (Å²) in [5.41, 5.74) is 2.26. The summed E-state index contributed by atoms with van der Waals surface area (Å²) in [6.45, 7) is 5.61. The lowest BCUT2D eigenvalue weighted by atomic mass is 9.97. The third-order valence-corrected chi connectivity index (χ3v) is 6.54. The number of hydrogen-bond acceptors (Lipinski definition) is 4. The second-order valence-electron chi connectivity index (χ2n) is 6.87. The van der Waals surface area contributed by atoms with Crippen LogP contribution in [-0.2, 0) is 15.0 Å². The molecule has 0 atom stereocenters. The van der Waals surface area contributed by atoms with E-state index in [1.54, 1.807) is 0 Å². The van der Waals surface area contributed by atoms with Crippen molar-refractivity contribution in [3.05, 3.63) is 29.3 Å². The Kier molecular flexibility index (Phi) is 7.02. The Morgan fingerprint density at radius 3 is 2.50 bits per heavy atom. The van der Waals surface area contributed by atoms with E-state index in [0.717, 1.165) is 11.3 Å². The van der Waals surface area contributed by atoms with Crippen molar-refractivity contribution >= 4 is 16.1 Å². The Balaban J connectivity index is 1.72. The van der Waals surface area contributed by atoms with Gasteiger partial charge in [0.05, 0.1) is 6.54 Å². The van der Waals surface area contributed by atoms with Crippen molar-refractivity contribution in [3.8, 4) is 5.75 Å². The molecule has 0 aliphatic carbocycles. The van der Waals surface area contributed by atoms with E-state index in [-0.39, 0.29) is 11.8 Å². The zero-order chi connectivity index (χ0) is 19.3. The molecule has 1 fully saturated rings. The zero-order valence-electron chi connectivity index (χ0n) is 16.0. The van der Waals surface area contributed by atoms with Gasteiger partial charge in [0.15, 0.2) is 0 Å². The molecule has 0 aromatic heterocycles. The Bertz CT molecular complexity index is 726. The molecule has 1 aliphatic heterocycles. The Labute approximate surface area is 156 Å². The molecule has 1 aliphatic rings. The van der Waals surface area contributed by atoms with Gasteiger partial charge in [0.2, 0.25) is 5.91 Å². The molecule has 7 nitrogen and oxygen atoms in total. The predicted molar refractivity (Wildman–Crippen MR) is 101 cm³/mol. The Morgan fingerprint density at radius 1 is 1.27 bits per heavy atom. The molecule has 1 amide bonds. The molecule has 1 heterocycles. The summed E-state index contributed by atoms with van der Waals surface area (Å²) in [7, 11) is -0.357. The van der Waals surface area contributed by atoms with Gasteiger partial charge in [-0.15, -0.1) is 0 Å². The van der Waals surface area contributed by atoms with Gasteiger partial charge in [-0.1, -0.05) is 17.7 Å². The molecule has 26 heavy (non-hydrogen) atoms. The molecule has 1 aromatic carbocycles. The second kappa shape index (κ2) is 8.83. The normalized spacial score (nSPS) is 16.7. The summed E-state index contributed by atoms with van der Waals surface area (Å²) < 4.78 is 32.5. The van der Waals surface area contributed by atoms with Crippen molar-refractivity contribution in [2.45, 2.75) is 26.7 Å². The van der Waals surface area contributed by atoms with Crippen LogP contribution in [0.15, 0.2) is 18.2 Å². The van der Waals surface area contributed by atoms with Gasteiger partial charge in [0.25, 0.3) is 10.2 Å². The highest BCUT2D eigenvalue weighted by molar-refractivity contribution is 7.86. The SMILES string of the molecule is Cc1ccc(OCCNC(=O)C2CCN(S(=O)(=O)N(C)C)CC2)c(C)c1. The highest BCUT2D eigenvalue weighted by Gasteiger charge is 2.32. The quantitative estimate of drug-likeness (QED) is 0.720. The van der Waals surface area contributed by atoms with Crippen molar-refractivity contribution in [2.75, 3.05) is 40.3 Å². The number of rotatable bonds is 7. The molecule has 1 N–H and O–H groups in total. The van der Waals surface area contributed by atoms with Crippen LogP contribution in [-0.4, -0.2) is 63.3 Å². The first-order valence-corrected chi connectivity index (χ1v) is 10.3. The molecule has 0 bridgehead atoms. The first-order chi connectivity index (χ1) is 12.2. The zero-order valence-corrected chi connectivity index (χ0v) is 16.8. The first-order valence-electron chi connectivity index (χ1n) is 8.87. The van der Waals surface area contributed by atoms with Gasteiger partial charge < -0.3 is 10.1 Å². The van der Waals surface area contributed by atoms with E-state index in [1.165, 1.54) is 28.3 Å². The molecule has 2 rings (SSSR count). The summed E-state index contributed by atoms with van der Waals surface area (Å²) >= 11 is 0. The van der Waals surface area contributed by atoms with Crippen LogP contribution in [0.3, 0.4) is 0 Å². The second-order valence-corrected chi connectivity index (χ2v) is 9.01. The van der Waals surface area contributed by atoms with E-state index in [2.05, 4.69) is 11.4 Å². The van der Waals surface area contributed by atoms with Gasteiger partial charge in [-0.3, -0.25) is 4.79 Å². The van der Waals surface area contributed by atoms with Crippen molar-refractivity contribution in [3.63, 3.8) is 0 Å². The van der Waals surface area contributed by atoms with E-state index in [4.69, 9.17) is 4.74 Å². The Hall–Kier alpha value is -1.64. The van der Waals surface area contributed by atoms with Crippen LogP contribution in [0, 0.1) is 19.8 Å². The Morgan fingerprint density at radius 2 is 1.92 bits per heavy atom. The summed E-state index contributed by atoms with van der Waals surface area (Å²) in [5.74, 6) is 0.646. The maximum atomic E-state index is 12.3. The van der Waals surface area contributed by atoms with E-state index >= 15 is 0 Å². The molecule has 0 radical (unpaired) electrons. The molecule has 0 unspecified atom stereocenters. The number of benzene rings is 1. The molecular formula is C18H29N3O4S. The average Bonchev–Trinajstić information content (AvgIpc) is 2.60. The molecule has 8 heteroatoms. The van der Waals surface area contributed by atoms with Crippen molar-refractivity contribution < 1.29 is 17.9 Å². The van der Waals surface area contributed by atoms with Gasteiger partial charge in [-0.25, -0.2) is 0 Å². The third kappa shape index (κ3) is 5.18.